The fourth-order valence-corrected chi connectivity index (χ4v) is 8.62. The Labute approximate surface area is 359 Å². The molecule has 0 saturated carbocycles. The number of carboxylic acid groups (broad SMARTS) is 1. The van der Waals surface area contributed by atoms with E-state index in [0.717, 1.165) is 30.5 Å². The summed E-state index contributed by atoms with van der Waals surface area (Å²) in [6.07, 6.45) is 3.08. The number of carbonyl (C=O) groups excluding carboxylic acids is 4. The lowest BCUT2D eigenvalue weighted by atomic mass is 9.91. The van der Waals surface area contributed by atoms with Crippen molar-refractivity contribution in [1.29, 1.82) is 0 Å². The van der Waals surface area contributed by atoms with Gasteiger partial charge in [0, 0.05) is 58.9 Å². The summed E-state index contributed by atoms with van der Waals surface area (Å²) in [6, 6.07) is 14.5. The molecule has 1 aliphatic rings. The molecule has 2 aromatic carbocycles. The molecule has 2 aromatic rings. The summed E-state index contributed by atoms with van der Waals surface area (Å²) in [7, 11) is 7.14. The Hall–Kier alpha value is -4.49. The highest BCUT2D eigenvalue weighted by atomic mass is 16.5. The van der Waals surface area contributed by atoms with Gasteiger partial charge >= 0.3 is 5.97 Å². The largest absolute Gasteiger partial charge is 0.480 e. The van der Waals surface area contributed by atoms with E-state index in [0.29, 0.717) is 25.9 Å². The number of likely N-dealkylation sites (tertiary alicyclic amines) is 1. The molecule has 8 unspecified atom stereocenters. The minimum atomic E-state index is -1.13. The van der Waals surface area contributed by atoms with Crippen LogP contribution in [0.1, 0.15) is 91.7 Å². The van der Waals surface area contributed by atoms with E-state index < -0.39 is 42.0 Å². The average Bonchev–Trinajstić information content (AvgIpc) is 3.71. The summed E-state index contributed by atoms with van der Waals surface area (Å²) in [6.45, 7) is 15.0. The molecule has 1 heterocycles. The van der Waals surface area contributed by atoms with E-state index >= 15 is 0 Å². The Balaban J connectivity index is 1.68. The number of anilines is 1. The standard InChI is InChI=1S/C47H74N6O7/c1-12-32(6)38(52(10)46(57)41(30(2)3)50-45(56)42(31(4)5)51(9)28-26-34-20-22-36(48-8)23-21-34)24-25-40(54)53-27-16-19-39(53)43(60-11)33(7)44(55)49-37(47(58)59)29-35-17-14-13-15-18-35/h13-15,17-18,20-23,30-33,37-39,41-43,48H,12,16,19,24-29H2,1-11H3,(H,49,55)(H,50,56)(H,58,59). The maximum Gasteiger partial charge on any atom is 0.326 e. The monoisotopic (exact) mass is 835 g/mol. The normalized spacial score (nSPS) is 17.7. The van der Waals surface area contributed by atoms with E-state index in [9.17, 15) is 29.1 Å². The summed E-state index contributed by atoms with van der Waals surface area (Å²) in [5, 5.41) is 18.9. The molecule has 0 radical (unpaired) electrons. The van der Waals surface area contributed by atoms with Crippen LogP contribution >= 0.6 is 0 Å². The third-order valence-corrected chi connectivity index (χ3v) is 12.5. The number of aliphatic carboxylic acids is 1. The summed E-state index contributed by atoms with van der Waals surface area (Å²) >= 11 is 0. The fourth-order valence-electron chi connectivity index (χ4n) is 8.62. The lowest BCUT2D eigenvalue weighted by Gasteiger charge is -2.38. The average molecular weight is 835 g/mol. The van der Waals surface area contributed by atoms with Crippen molar-refractivity contribution in [2.45, 2.75) is 130 Å². The van der Waals surface area contributed by atoms with Crippen molar-refractivity contribution < 1.29 is 33.8 Å². The molecule has 1 saturated heterocycles. The van der Waals surface area contributed by atoms with E-state index in [4.69, 9.17) is 4.74 Å². The number of hydrogen-bond acceptors (Lipinski definition) is 8. The minimum Gasteiger partial charge on any atom is -0.480 e. The van der Waals surface area contributed by atoms with Crippen LogP contribution in [0.25, 0.3) is 0 Å². The van der Waals surface area contributed by atoms with Crippen LogP contribution in [-0.4, -0.2) is 127 Å². The van der Waals surface area contributed by atoms with E-state index in [2.05, 4.69) is 46.8 Å². The first-order valence-electron chi connectivity index (χ1n) is 21.9. The smallest absolute Gasteiger partial charge is 0.326 e. The molecule has 0 spiro atoms. The van der Waals surface area contributed by atoms with Gasteiger partial charge in [-0.25, -0.2) is 4.79 Å². The second-order valence-electron chi connectivity index (χ2n) is 17.4. The van der Waals surface area contributed by atoms with Crippen LogP contribution in [0.2, 0.25) is 0 Å². The number of nitrogens with one attached hydrogen (secondary N) is 3. The Kier molecular flexibility index (Phi) is 20.0. The number of carbonyl (C=O) groups is 5. The molecule has 4 N–H and O–H groups in total. The van der Waals surface area contributed by atoms with E-state index in [1.54, 1.807) is 23.8 Å². The molecule has 8 atom stereocenters. The zero-order valence-electron chi connectivity index (χ0n) is 38.1. The molecule has 13 heteroatoms. The molecule has 0 aliphatic carbocycles. The Morgan fingerprint density at radius 1 is 0.883 bits per heavy atom. The van der Waals surface area contributed by atoms with Crippen LogP contribution in [0, 0.1) is 23.7 Å². The number of nitrogens with zero attached hydrogens (tertiary/aromatic N) is 3. The lowest BCUT2D eigenvalue weighted by Crippen LogP contribution is -2.58. The molecular formula is C47H74N6O7. The number of benzene rings is 2. The van der Waals surface area contributed by atoms with Crippen LogP contribution in [0.3, 0.4) is 0 Å². The molecular weight excluding hydrogens is 761 g/mol. The van der Waals surface area contributed by atoms with Gasteiger partial charge in [0.2, 0.25) is 23.6 Å². The van der Waals surface area contributed by atoms with Crippen molar-refractivity contribution in [2.24, 2.45) is 23.7 Å². The number of likely N-dealkylation sites (N-methyl/N-ethyl adjacent to an activating group) is 2. The highest BCUT2D eigenvalue weighted by molar-refractivity contribution is 5.90. The first kappa shape index (κ1) is 49.9. The van der Waals surface area contributed by atoms with Crippen molar-refractivity contribution >= 4 is 35.3 Å². The van der Waals surface area contributed by atoms with Gasteiger partial charge < -0.3 is 35.6 Å². The molecule has 13 nitrogen and oxygen atoms in total. The molecule has 0 bridgehead atoms. The third-order valence-electron chi connectivity index (χ3n) is 12.5. The van der Waals surface area contributed by atoms with Gasteiger partial charge in [0.05, 0.1) is 24.1 Å². The fraction of sp³-hybridized carbons (Fsp3) is 0.638. The third kappa shape index (κ3) is 13.8. The number of carboxylic acids is 1. The number of hydrogen-bond donors (Lipinski definition) is 4. The molecule has 334 valence electrons. The maximum atomic E-state index is 14.4. The van der Waals surface area contributed by atoms with Crippen LogP contribution < -0.4 is 16.0 Å². The van der Waals surface area contributed by atoms with Gasteiger partial charge in [0.15, 0.2) is 0 Å². The van der Waals surface area contributed by atoms with Gasteiger partial charge in [0.1, 0.15) is 12.1 Å². The van der Waals surface area contributed by atoms with Crippen LogP contribution in [0.5, 0.6) is 0 Å². The molecule has 1 aliphatic heterocycles. The predicted octanol–water partition coefficient (Wildman–Crippen LogP) is 5.48. The molecule has 1 fully saturated rings. The van der Waals surface area contributed by atoms with Crippen molar-refractivity contribution in [3.63, 3.8) is 0 Å². The second kappa shape index (κ2) is 24.1. The summed E-state index contributed by atoms with van der Waals surface area (Å²) in [5.41, 5.74) is 3.01. The molecule has 60 heavy (non-hydrogen) atoms. The Bertz CT molecular complexity index is 1670. The van der Waals surface area contributed by atoms with Gasteiger partial charge in [-0.1, -0.05) is 97.4 Å². The topological polar surface area (TPSA) is 161 Å². The van der Waals surface area contributed by atoms with Crippen LogP contribution in [-0.2, 0) is 41.6 Å². The van der Waals surface area contributed by atoms with Gasteiger partial charge in [0.25, 0.3) is 0 Å². The summed E-state index contributed by atoms with van der Waals surface area (Å²) < 4.78 is 5.88. The van der Waals surface area contributed by atoms with Crippen molar-refractivity contribution in [2.75, 3.05) is 46.7 Å². The van der Waals surface area contributed by atoms with E-state index in [1.165, 1.54) is 12.7 Å². The molecule has 4 amide bonds. The summed E-state index contributed by atoms with van der Waals surface area (Å²) in [5.74, 6) is -2.84. The molecule has 0 aromatic heterocycles. The zero-order valence-corrected chi connectivity index (χ0v) is 38.1. The van der Waals surface area contributed by atoms with Gasteiger partial charge in [-0.3, -0.25) is 24.1 Å². The lowest BCUT2D eigenvalue weighted by molar-refractivity contribution is -0.145. The zero-order chi connectivity index (χ0) is 44.7. The van der Waals surface area contributed by atoms with Gasteiger partial charge in [-0.15, -0.1) is 0 Å². The Morgan fingerprint density at radius 3 is 2.08 bits per heavy atom. The first-order chi connectivity index (χ1) is 28.4. The Morgan fingerprint density at radius 2 is 1.53 bits per heavy atom. The van der Waals surface area contributed by atoms with Gasteiger partial charge in [-0.2, -0.15) is 0 Å². The SMILES string of the molecule is CCC(C)C(CCC(=O)N1CCCC1C(OC)C(C)C(=O)NC(Cc1ccccc1)C(=O)O)N(C)C(=O)C(NC(=O)C(C(C)C)N(C)CCc1ccc(NC)cc1)C(C)C. The quantitative estimate of drug-likeness (QED) is 0.108. The highest BCUT2D eigenvalue weighted by Gasteiger charge is 2.41. The van der Waals surface area contributed by atoms with E-state index in [1.807, 2.05) is 84.3 Å². The number of amides is 4. The van der Waals surface area contributed by atoms with Gasteiger partial charge in [-0.05, 0) is 73.7 Å². The van der Waals surface area contributed by atoms with Crippen molar-refractivity contribution in [1.82, 2.24) is 25.3 Å². The van der Waals surface area contributed by atoms with Crippen LogP contribution in [0.4, 0.5) is 5.69 Å². The van der Waals surface area contributed by atoms with Crippen LogP contribution in [0.15, 0.2) is 54.6 Å². The predicted molar refractivity (Wildman–Crippen MR) is 237 cm³/mol. The van der Waals surface area contributed by atoms with E-state index in [-0.39, 0.29) is 60.4 Å². The minimum absolute atomic E-state index is 0.00646. The first-order valence-corrected chi connectivity index (χ1v) is 21.9. The maximum absolute atomic E-state index is 14.4. The highest BCUT2D eigenvalue weighted by Crippen LogP contribution is 2.29. The summed E-state index contributed by atoms with van der Waals surface area (Å²) in [4.78, 5) is 73.6. The van der Waals surface area contributed by atoms with Crippen molar-refractivity contribution in [3.8, 4) is 0 Å². The van der Waals surface area contributed by atoms with Crippen molar-refractivity contribution in [3.05, 3.63) is 65.7 Å². The number of methoxy groups -OCH3 is 1. The second-order valence-corrected chi connectivity index (χ2v) is 17.4. The molecule has 3 rings (SSSR count). The number of rotatable bonds is 24. The number of ether oxygens (including phenoxy) is 1.